The number of rotatable bonds is 8. The minimum atomic E-state index is 0.0340. The number of carbonyl (C=O) groups excluding carboxylic acids is 1. The number of nitrogens with one attached hydrogen (secondary N) is 1. The summed E-state index contributed by atoms with van der Waals surface area (Å²) in [6.45, 7) is 5.47. The predicted molar refractivity (Wildman–Crippen MR) is 91.9 cm³/mol. The van der Waals surface area contributed by atoms with Crippen molar-refractivity contribution in [1.29, 1.82) is 0 Å². The first-order valence-corrected chi connectivity index (χ1v) is 9.07. The van der Waals surface area contributed by atoms with Gasteiger partial charge < -0.3 is 14.8 Å². The molecule has 0 spiro atoms. The lowest BCUT2D eigenvalue weighted by Gasteiger charge is -2.16. The third kappa shape index (κ3) is 5.54. The van der Waals surface area contributed by atoms with Gasteiger partial charge in [-0.25, -0.2) is 0 Å². The summed E-state index contributed by atoms with van der Waals surface area (Å²) in [7, 11) is 0. The van der Waals surface area contributed by atoms with Crippen LogP contribution in [0.5, 0.6) is 5.75 Å². The van der Waals surface area contributed by atoms with Crippen LogP contribution in [0.3, 0.4) is 0 Å². The summed E-state index contributed by atoms with van der Waals surface area (Å²) < 4.78 is 11.5. The van der Waals surface area contributed by atoms with Crippen LogP contribution in [0.1, 0.15) is 31.7 Å². The fraction of sp³-hybridized carbons (Fsp3) is 0.588. The van der Waals surface area contributed by atoms with Crippen LogP contribution in [0.4, 0.5) is 5.69 Å². The predicted octanol–water partition coefficient (Wildman–Crippen LogP) is 3.63. The highest BCUT2D eigenvalue weighted by atomic mass is 32.2. The van der Waals surface area contributed by atoms with E-state index >= 15 is 0 Å². The van der Waals surface area contributed by atoms with Crippen molar-refractivity contribution in [3.63, 3.8) is 0 Å². The Kier molecular flexibility index (Phi) is 7.06. The average molecular weight is 323 g/mol. The Bertz CT molecular complexity index is 487. The Balaban J connectivity index is 1.92. The molecule has 1 amide bonds. The van der Waals surface area contributed by atoms with Crippen LogP contribution in [0.15, 0.2) is 18.2 Å². The van der Waals surface area contributed by atoms with Gasteiger partial charge in [-0.15, -0.1) is 0 Å². The lowest BCUT2D eigenvalue weighted by atomic mass is 10.2. The molecule has 4 nitrogen and oxygen atoms in total. The van der Waals surface area contributed by atoms with Gasteiger partial charge in [0.25, 0.3) is 0 Å². The first kappa shape index (κ1) is 17.2. The third-order valence-corrected chi connectivity index (χ3v) is 4.44. The van der Waals surface area contributed by atoms with Gasteiger partial charge in [-0.3, -0.25) is 4.79 Å². The van der Waals surface area contributed by atoms with Crippen molar-refractivity contribution in [1.82, 2.24) is 0 Å². The van der Waals surface area contributed by atoms with Crippen molar-refractivity contribution >= 4 is 23.4 Å². The number of thioether (sulfide) groups is 1. The molecular weight excluding hydrogens is 298 g/mol. The highest BCUT2D eigenvalue weighted by Gasteiger charge is 2.17. The zero-order valence-corrected chi connectivity index (χ0v) is 14.2. The number of anilines is 1. The Labute approximate surface area is 137 Å². The minimum absolute atomic E-state index is 0.0340. The van der Waals surface area contributed by atoms with Crippen LogP contribution in [0.2, 0.25) is 0 Å². The van der Waals surface area contributed by atoms with E-state index in [0.29, 0.717) is 13.0 Å². The van der Waals surface area contributed by atoms with E-state index in [1.807, 2.05) is 25.1 Å². The summed E-state index contributed by atoms with van der Waals surface area (Å²) in [5.74, 6) is 2.65. The van der Waals surface area contributed by atoms with Crippen molar-refractivity contribution in [2.24, 2.45) is 0 Å². The second kappa shape index (κ2) is 9.06. The smallest absolute Gasteiger partial charge is 0.225 e. The number of ether oxygens (including phenoxy) is 2. The van der Waals surface area contributed by atoms with E-state index in [1.54, 1.807) is 11.8 Å². The van der Waals surface area contributed by atoms with Crippen molar-refractivity contribution in [2.45, 2.75) is 39.2 Å². The fourth-order valence-electron chi connectivity index (χ4n) is 2.33. The molecular formula is C17H25NO3S. The normalized spacial score (nSPS) is 17.5. The van der Waals surface area contributed by atoms with E-state index in [1.165, 1.54) is 0 Å². The van der Waals surface area contributed by atoms with Gasteiger partial charge in [0.15, 0.2) is 0 Å². The molecule has 22 heavy (non-hydrogen) atoms. The van der Waals surface area contributed by atoms with E-state index in [2.05, 4.69) is 12.2 Å². The van der Waals surface area contributed by atoms with Crippen LogP contribution >= 0.6 is 11.8 Å². The molecule has 1 aromatic carbocycles. The highest BCUT2D eigenvalue weighted by molar-refractivity contribution is 7.99. The van der Waals surface area contributed by atoms with Gasteiger partial charge >= 0.3 is 0 Å². The van der Waals surface area contributed by atoms with E-state index in [9.17, 15) is 4.79 Å². The number of amides is 1. The largest absolute Gasteiger partial charge is 0.489 e. The van der Waals surface area contributed by atoms with Crippen molar-refractivity contribution < 1.29 is 14.3 Å². The maximum atomic E-state index is 12.0. The van der Waals surface area contributed by atoms with Gasteiger partial charge in [-0.2, -0.15) is 11.8 Å². The molecule has 1 atom stereocenters. The van der Waals surface area contributed by atoms with Crippen molar-refractivity contribution in [3.05, 3.63) is 23.8 Å². The summed E-state index contributed by atoms with van der Waals surface area (Å²) in [5, 5.41) is 2.95. The summed E-state index contributed by atoms with van der Waals surface area (Å²) in [6, 6.07) is 5.85. The monoisotopic (exact) mass is 323 g/mol. The Morgan fingerprint density at radius 3 is 3.09 bits per heavy atom. The molecule has 0 radical (unpaired) electrons. The maximum absolute atomic E-state index is 12.0. The zero-order chi connectivity index (χ0) is 15.8. The average Bonchev–Trinajstić information content (AvgIpc) is 3.01. The van der Waals surface area contributed by atoms with Crippen molar-refractivity contribution in [3.8, 4) is 5.75 Å². The molecule has 2 rings (SSSR count). The van der Waals surface area contributed by atoms with Crippen LogP contribution in [0, 0.1) is 6.92 Å². The molecule has 1 heterocycles. The van der Waals surface area contributed by atoms with Gasteiger partial charge in [0.2, 0.25) is 5.91 Å². The van der Waals surface area contributed by atoms with E-state index < -0.39 is 0 Å². The highest BCUT2D eigenvalue weighted by Crippen LogP contribution is 2.27. The quantitative estimate of drug-likeness (QED) is 0.742. The van der Waals surface area contributed by atoms with Crippen molar-refractivity contribution in [2.75, 3.05) is 30.0 Å². The molecule has 0 aliphatic carbocycles. The summed E-state index contributed by atoms with van der Waals surface area (Å²) in [5.41, 5.74) is 1.86. The van der Waals surface area contributed by atoms with Gasteiger partial charge in [-0.05, 0) is 43.2 Å². The first-order chi connectivity index (χ1) is 10.7. The molecule has 1 N–H and O–H groups in total. The number of benzene rings is 1. The molecule has 1 aliphatic heterocycles. The lowest BCUT2D eigenvalue weighted by molar-refractivity contribution is -0.115. The molecule has 0 bridgehead atoms. The van der Waals surface area contributed by atoms with E-state index in [4.69, 9.17) is 9.47 Å². The van der Waals surface area contributed by atoms with Gasteiger partial charge in [-0.1, -0.05) is 13.0 Å². The van der Waals surface area contributed by atoms with Crippen LogP contribution < -0.4 is 10.1 Å². The Morgan fingerprint density at radius 1 is 1.50 bits per heavy atom. The van der Waals surface area contributed by atoms with Crippen LogP contribution in [-0.2, 0) is 9.53 Å². The molecule has 122 valence electrons. The Hall–Kier alpha value is -1.20. The number of aryl methyl sites for hydroxylation is 1. The van der Waals surface area contributed by atoms with Gasteiger partial charge in [0, 0.05) is 18.8 Å². The molecule has 1 fully saturated rings. The number of hydrogen-bond donors (Lipinski definition) is 1. The first-order valence-electron chi connectivity index (χ1n) is 7.91. The lowest BCUT2D eigenvalue weighted by Crippen LogP contribution is -2.18. The zero-order valence-electron chi connectivity index (χ0n) is 13.4. The molecule has 0 aromatic heterocycles. The number of hydrogen-bond acceptors (Lipinski definition) is 4. The van der Waals surface area contributed by atoms with E-state index in [0.717, 1.165) is 48.0 Å². The van der Waals surface area contributed by atoms with Crippen LogP contribution in [0.25, 0.3) is 0 Å². The third-order valence-electron chi connectivity index (χ3n) is 3.54. The summed E-state index contributed by atoms with van der Waals surface area (Å²) in [6.07, 6.45) is 2.84. The topological polar surface area (TPSA) is 47.6 Å². The molecule has 1 unspecified atom stereocenters. The van der Waals surface area contributed by atoms with Crippen LogP contribution in [-0.4, -0.2) is 36.7 Å². The minimum Gasteiger partial charge on any atom is -0.489 e. The summed E-state index contributed by atoms with van der Waals surface area (Å²) in [4.78, 5) is 12.0. The van der Waals surface area contributed by atoms with E-state index in [-0.39, 0.29) is 12.0 Å². The molecule has 5 heteroatoms. The maximum Gasteiger partial charge on any atom is 0.225 e. The molecule has 1 aromatic rings. The summed E-state index contributed by atoms with van der Waals surface area (Å²) >= 11 is 1.77. The Morgan fingerprint density at radius 2 is 2.36 bits per heavy atom. The molecule has 1 aliphatic rings. The standard InChI is InChI=1S/C17H25NO3S/c1-3-22-10-8-17(19)18-15-7-6-13(2)11-16(15)21-12-14-5-4-9-20-14/h6-7,11,14H,3-5,8-10,12H2,1-2H3,(H,18,19). The second-order valence-electron chi connectivity index (χ2n) is 5.44. The molecule has 1 saturated heterocycles. The fourth-order valence-corrected chi connectivity index (χ4v) is 2.95. The van der Waals surface area contributed by atoms with Gasteiger partial charge in [0.1, 0.15) is 12.4 Å². The molecule has 0 saturated carbocycles. The SMILES string of the molecule is CCSCCC(=O)Nc1ccc(C)cc1OCC1CCCO1. The number of carbonyl (C=O) groups is 1. The second-order valence-corrected chi connectivity index (χ2v) is 6.83. The van der Waals surface area contributed by atoms with Gasteiger partial charge in [0.05, 0.1) is 11.8 Å².